The molecule has 2 unspecified atom stereocenters. The Kier molecular flexibility index (Phi) is 67.4. The molecule has 6 nitrogen and oxygen atoms in total. The van der Waals surface area contributed by atoms with Crippen molar-refractivity contribution in [1.29, 1.82) is 0 Å². The summed E-state index contributed by atoms with van der Waals surface area (Å²) in [4.78, 5) is 24.6. The molecule has 0 fully saturated rings. The zero-order valence-electron chi connectivity index (χ0n) is 53.6. The second-order valence-electron chi connectivity index (χ2n) is 24.9. The number of amides is 1. The maximum absolute atomic E-state index is 12.6. The quantitative estimate of drug-likeness (QED) is 0.0320. The Morgan fingerprint density at radius 3 is 0.962 bits per heavy atom. The summed E-state index contributed by atoms with van der Waals surface area (Å²) in [5, 5.41) is 23.4. The first-order chi connectivity index (χ1) is 39.0. The molecular formula is C73H141NO5. The van der Waals surface area contributed by atoms with Gasteiger partial charge < -0.3 is 20.3 Å². The Morgan fingerprint density at radius 1 is 0.354 bits per heavy atom. The summed E-state index contributed by atoms with van der Waals surface area (Å²) in [5.41, 5.74) is 0. The lowest BCUT2D eigenvalue weighted by atomic mass is 10.0. The van der Waals surface area contributed by atoms with Crippen LogP contribution in [0.25, 0.3) is 0 Å². The fourth-order valence-electron chi connectivity index (χ4n) is 11.5. The Labute approximate surface area is 494 Å². The molecule has 0 heterocycles. The highest BCUT2D eigenvalue weighted by molar-refractivity contribution is 5.76. The van der Waals surface area contributed by atoms with Crippen LogP contribution < -0.4 is 5.32 Å². The molecule has 1 amide bonds. The highest BCUT2D eigenvalue weighted by atomic mass is 16.5. The number of rotatable bonds is 68. The minimum Gasteiger partial charge on any atom is -0.466 e. The van der Waals surface area contributed by atoms with E-state index in [9.17, 15) is 19.8 Å². The van der Waals surface area contributed by atoms with Gasteiger partial charge in [-0.1, -0.05) is 359 Å². The van der Waals surface area contributed by atoms with E-state index in [1.165, 1.54) is 327 Å². The Hall–Kier alpha value is -1.66. The van der Waals surface area contributed by atoms with Crippen molar-refractivity contribution in [2.75, 3.05) is 13.2 Å². The molecule has 2 atom stereocenters. The predicted molar refractivity (Wildman–Crippen MR) is 347 cm³/mol. The largest absolute Gasteiger partial charge is 0.466 e. The van der Waals surface area contributed by atoms with Gasteiger partial charge in [0.25, 0.3) is 0 Å². The Bertz CT molecular complexity index is 1230. The topological polar surface area (TPSA) is 95.9 Å². The summed E-state index contributed by atoms with van der Waals surface area (Å²) >= 11 is 0. The van der Waals surface area contributed by atoms with E-state index < -0.39 is 12.1 Å². The zero-order chi connectivity index (χ0) is 57.1. The maximum atomic E-state index is 12.6. The highest BCUT2D eigenvalue weighted by Crippen LogP contribution is 2.19. The number of esters is 1. The smallest absolute Gasteiger partial charge is 0.305 e. The van der Waals surface area contributed by atoms with Gasteiger partial charge in [-0.3, -0.25) is 9.59 Å². The van der Waals surface area contributed by atoms with E-state index in [1.54, 1.807) is 0 Å². The first kappa shape index (κ1) is 77.3. The summed E-state index contributed by atoms with van der Waals surface area (Å²) in [7, 11) is 0. The van der Waals surface area contributed by atoms with E-state index >= 15 is 0 Å². The molecule has 0 saturated heterocycles. The van der Waals surface area contributed by atoms with Crippen molar-refractivity contribution in [2.24, 2.45) is 0 Å². The standard InChI is InChI=1S/C73H141NO5/c1-3-5-7-9-11-13-15-16-17-18-19-20-30-33-36-39-42-46-49-53-57-61-65-71(76)70(69-75)74-72(77)66-62-58-54-50-47-43-40-37-34-31-28-26-24-22-21-23-25-27-29-32-35-38-41-44-48-52-56-60-64-68-79-73(78)67-63-59-55-51-45-14-12-10-8-6-4-2/h21,23,27,29,70-71,75-76H,3-20,22,24-26,28,30-69H2,1-2H3,(H,74,77)/b23-21-,29-27-. The SMILES string of the molecule is CCCCCCCCCCCCCCCCCCCCCCCCC(O)C(CO)NC(=O)CCCCCCCCCCCCCCC/C=C\C/C=C\CCCCCCCCCCCOC(=O)CCCCCCCCCCCCC. The van der Waals surface area contributed by atoms with Crippen molar-refractivity contribution in [2.45, 2.75) is 418 Å². The molecule has 3 N–H and O–H groups in total. The monoisotopic (exact) mass is 1110 g/mol. The van der Waals surface area contributed by atoms with Crippen molar-refractivity contribution >= 4 is 11.9 Å². The van der Waals surface area contributed by atoms with Gasteiger partial charge in [0.1, 0.15) is 0 Å². The molecule has 6 heteroatoms. The number of unbranched alkanes of at least 4 members (excludes halogenated alkanes) is 53. The first-order valence-corrected chi connectivity index (χ1v) is 36.1. The van der Waals surface area contributed by atoms with Crippen LogP contribution in [0, 0.1) is 0 Å². The molecule has 0 bridgehead atoms. The lowest BCUT2D eigenvalue weighted by molar-refractivity contribution is -0.143. The van der Waals surface area contributed by atoms with Gasteiger partial charge >= 0.3 is 5.97 Å². The summed E-state index contributed by atoms with van der Waals surface area (Å²) in [6.45, 7) is 4.99. The van der Waals surface area contributed by atoms with Crippen LogP contribution in [0.15, 0.2) is 24.3 Å². The van der Waals surface area contributed by atoms with E-state index in [-0.39, 0.29) is 18.5 Å². The van der Waals surface area contributed by atoms with Gasteiger partial charge in [0.2, 0.25) is 5.91 Å². The van der Waals surface area contributed by atoms with Gasteiger partial charge in [-0.05, 0) is 57.8 Å². The number of carbonyl (C=O) groups is 2. The molecule has 0 rings (SSSR count). The second-order valence-corrected chi connectivity index (χ2v) is 24.9. The van der Waals surface area contributed by atoms with Gasteiger partial charge in [-0.25, -0.2) is 0 Å². The number of aliphatic hydroxyl groups excluding tert-OH is 2. The van der Waals surface area contributed by atoms with Crippen LogP contribution in [0.2, 0.25) is 0 Å². The number of carbonyl (C=O) groups excluding carboxylic acids is 2. The molecule has 79 heavy (non-hydrogen) atoms. The number of aliphatic hydroxyl groups is 2. The zero-order valence-corrected chi connectivity index (χ0v) is 53.6. The fraction of sp³-hybridized carbons (Fsp3) is 0.918. The summed E-state index contributed by atoms with van der Waals surface area (Å²) in [5.74, 6) is -0.0188. The molecule has 0 aliphatic rings. The molecule has 0 aromatic heterocycles. The molecule has 0 aliphatic heterocycles. The highest BCUT2D eigenvalue weighted by Gasteiger charge is 2.20. The van der Waals surface area contributed by atoms with Crippen LogP contribution in [0.1, 0.15) is 406 Å². The van der Waals surface area contributed by atoms with Crippen LogP contribution in [0.5, 0.6) is 0 Å². The minimum atomic E-state index is -0.666. The summed E-state index contributed by atoms with van der Waals surface area (Å²) in [6.07, 6.45) is 86.6. The van der Waals surface area contributed by atoms with E-state index in [2.05, 4.69) is 43.5 Å². The summed E-state index contributed by atoms with van der Waals surface area (Å²) < 4.78 is 5.47. The van der Waals surface area contributed by atoms with E-state index in [0.717, 1.165) is 44.9 Å². The molecule has 0 spiro atoms. The third-order valence-electron chi connectivity index (χ3n) is 17.0. The third-order valence-corrected chi connectivity index (χ3v) is 17.0. The van der Waals surface area contributed by atoms with Gasteiger partial charge in [-0.15, -0.1) is 0 Å². The van der Waals surface area contributed by atoms with Gasteiger partial charge in [0.05, 0.1) is 25.4 Å². The second kappa shape index (κ2) is 68.8. The normalized spacial score (nSPS) is 12.6. The van der Waals surface area contributed by atoms with Gasteiger partial charge in [0.15, 0.2) is 0 Å². The van der Waals surface area contributed by atoms with E-state index in [1.807, 2.05) is 0 Å². The third kappa shape index (κ3) is 65.4. The fourth-order valence-corrected chi connectivity index (χ4v) is 11.5. The van der Waals surface area contributed by atoms with Crippen LogP contribution in [0.3, 0.4) is 0 Å². The van der Waals surface area contributed by atoms with Crippen molar-refractivity contribution < 1.29 is 24.5 Å². The number of ether oxygens (including phenoxy) is 1. The van der Waals surface area contributed by atoms with Crippen LogP contribution in [-0.2, 0) is 14.3 Å². The minimum absolute atomic E-state index is 0.0124. The predicted octanol–water partition coefficient (Wildman–Crippen LogP) is 23.3. The molecule has 0 saturated carbocycles. The first-order valence-electron chi connectivity index (χ1n) is 36.1. The van der Waals surface area contributed by atoms with Crippen molar-refractivity contribution in [3.05, 3.63) is 24.3 Å². The Morgan fingerprint density at radius 2 is 0.633 bits per heavy atom. The summed E-state index contributed by atoms with van der Waals surface area (Å²) in [6, 6.07) is -0.543. The lowest BCUT2D eigenvalue weighted by Crippen LogP contribution is -2.45. The molecule has 0 radical (unpaired) electrons. The molecule has 0 aromatic carbocycles. The molecule has 0 aliphatic carbocycles. The molecule has 0 aromatic rings. The Balaban J connectivity index is 3.41. The number of hydrogen-bond donors (Lipinski definition) is 3. The van der Waals surface area contributed by atoms with Crippen LogP contribution in [0.4, 0.5) is 0 Å². The van der Waals surface area contributed by atoms with Crippen molar-refractivity contribution in [1.82, 2.24) is 5.32 Å². The average molecular weight is 1110 g/mol. The van der Waals surface area contributed by atoms with Crippen LogP contribution >= 0.6 is 0 Å². The van der Waals surface area contributed by atoms with E-state index in [0.29, 0.717) is 25.9 Å². The van der Waals surface area contributed by atoms with Gasteiger partial charge in [-0.2, -0.15) is 0 Å². The molecule has 468 valence electrons. The van der Waals surface area contributed by atoms with Crippen molar-refractivity contribution in [3.63, 3.8) is 0 Å². The lowest BCUT2D eigenvalue weighted by Gasteiger charge is -2.22. The average Bonchev–Trinajstić information content (AvgIpc) is 3.45. The van der Waals surface area contributed by atoms with E-state index in [4.69, 9.17) is 4.74 Å². The number of nitrogens with one attached hydrogen (secondary N) is 1. The number of hydrogen-bond acceptors (Lipinski definition) is 5. The number of allylic oxidation sites excluding steroid dienone is 4. The van der Waals surface area contributed by atoms with Gasteiger partial charge in [0, 0.05) is 12.8 Å². The maximum Gasteiger partial charge on any atom is 0.305 e. The molecular weight excluding hydrogens is 971 g/mol. The van der Waals surface area contributed by atoms with Crippen molar-refractivity contribution in [3.8, 4) is 0 Å². The van der Waals surface area contributed by atoms with Crippen LogP contribution in [-0.4, -0.2) is 47.4 Å².